The number of hydrogen-bond donors (Lipinski definition) is 0. The fourth-order valence-corrected chi connectivity index (χ4v) is 2.95. The number of esters is 1. The molecule has 0 N–H and O–H groups in total. The van der Waals surface area contributed by atoms with E-state index in [0.29, 0.717) is 28.0 Å². The SMILES string of the molecule is COc1cc(OC)c(C(=O)OCCSc2ccc(Cl)cc2)cc1OC. The van der Waals surface area contributed by atoms with Crippen molar-refractivity contribution in [2.75, 3.05) is 33.7 Å². The second-order valence-corrected chi connectivity index (χ2v) is 6.45. The van der Waals surface area contributed by atoms with Gasteiger partial charge < -0.3 is 18.9 Å². The lowest BCUT2D eigenvalue weighted by atomic mass is 10.1. The van der Waals surface area contributed by atoms with Crippen LogP contribution in [0, 0.1) is 0 Å². The van der Waals surface area contributed by atoms with E-state index in [-0.39, 0.29) is 12.2 Å². The third-order valence-electron chi connectivity index (χ3n) is 3.32. The predicted molar refractivity (Wildman–Crippen MR) is 98.6 cm³/mol. The lowest BCUT2D eigenvalue weighted by molar-refractivity contribution is 0.0526. The molecule has 0 amide bonds. The summed E-state index contributed by atoms with van der Waals surface area (Å²) in [7, 11) is 4.50. The van der Waals surface area contributed by atoms with Crippen LogP contribution < -0.4 is 14.2 Å². The molecule has 0 unspecified atom stereocenters. The second-order valence-electron chi connectivity index (χ2n) is 4.85. The molecule has 5 nitrogen and oxygen atoms in total. The van der Waals surface area contributed by atoms with Crippen molar-refractivity contribution in [1.82, 2.24) is 0 Å². The minimum absolute atomic E-state index is 0.267. The topological polar surface area (TPSA) is 54.0 Å². The molecule has 0 aliphatic carbocycles. The molecule has 134 valence electrons. The van der Waals surface area contributed by atoms with E-state index in [0.717, 1.165) is 4.90 Å². The number of hydrogen-bond acceptors (Lipinski definition) is 6. The van der Waals surface area contributed by atoms with Crippen molar-refractivity contribution in [3.8, 4) is 17.2 Å². The number of benzene rings is 2. The number of ether oxygens (including phenoxy) is 4. The Morgan fingerprint density at radius 3 is 2.16 bits per heavy atom. The normalized spacial score (nSPS) is 10.2. The summed E-state index contributed by atoms with van der Waals surface area (Å²) in [6.07, 6.45) is 0. The number of carbonyl (C=O) groups excluding carboxylic acids is 1. The van der Waals surface area contributed by atoms with E-state index in [2.05, 4.69) is 0 Å². The molecule has 0 aliphatic rings. The monoisotopic (exact) mass is 382 g/mol. The summed E-state index contributed by atoms with van der Waals surface area (Å²) >= 11 is 7.43. The van der Waals surface area contributed by atoms with Gasteiger partial charge in [0.2, 0.25) is 0 Å². The molecule has 7 heteroatoms. The number of carbonyl (C=O) groups is 1. The first-order valence-electron chi connectivity index (χ1n) is 7.44. The van der Waals surface area contributed by atoms with E-state index in [9.17, 15) is 4.79 Å². The summed E-state index contributed by atoms with van der Waals surface area (Å²) in [6, 6.07) is 10.6. The molecule has 2 rings (SSSR count). The summed E-state index contributed by atoms with van der Waals surface area (Å²) in [5.41, 5.74) is 0.289. The Morgan fingerprint density at radius 2 is 1.56 bits per heavy atom. The van der Waals surface area contributed by atoms with Crippen LogP contribution in [0.4, 0.5) is 0 Å². The van der Waals surface area contributed by atoms with Gasteiger partial charge >= 0.3 is 5.97 Å². The summed E-state index contributed by atoms with van der Waals surface area (Å²) in [5.74, 6) is 1.44. The summed E-state index contributed by atoms with van der Waals surface area (Å²) in [5, 5.41) is 0.691. The van der Waals surface area contributed by atoms with Gasteiger partial charge in [0.15, 0.2) is 11.5 Å². The zero-order valence-corrected chi connectivity index (χ0v) is 15.8. The zero-order valence-electron chi connectivity index (χ0n) is 14.2. The first-order valence-corrected chi connectivity index (χ1v) is 8.81. The molecule has 0 saturated heterocycles. The van der Waals surface area contributed by atoms with Crippen molar-refractivity contribution in [3.63, 3.8) is 0 Å². The Hall–Kier alpha value is -2.05. The predicted octanol–water partition coefficient (Wildman–Crippen LogP) is 4.31. The maximum atomic E-state index is 12.3. The van der Waals surface area contributed by atoms with Crippen molar-refractivity contribution < 1.29 is 23.7 Å². The highest BCUT2D eigenvalue weighted by Crippen LogP contribution is 2.35. The molecule has 2 aromatic rings. The van der Waals surface area contributed by atoms with Crippen molar-refractivity contribution in [2.24, 2.45) is 0 Å². The fourth-order valence-electron chi connectivity index (χ4n) is 2.09. The van der Waals surface area contributed by atoms with Crippen LogP contribution in [0.25, 0.3) is 0 Å². The molecule has 0 aromatic heterocycles. The highest BCUT2D eigenvalue weighted by Gasteiger charge is 2.18. The standard InChI is InChI=1S/C18H19ClO5S/c1-21-15-11-17(23-3)16(22-2)10-14(15)18(20)24-8-9-25-13-6-4-12(19)5-7-13/h4-7,10-11H,8-9H2,1-3H3. The highest BCUT2D eigenvalue weighted by molar-refractivity contribution is 7.99. The average Bonchev–Trinajstić information content (AvgIpc) is 2.65. The molecule has 25 heavy (non-hydrogen) atoms. The Labute approximate surface area is 156 Å². The van der Waals surface area contributed by atoms with Crippen LogP contribution in [0.5, 0.6) is 17.2 Å². The van der Waals surface area contributed by atoms with Gasteiger partial charge in [0, 0.05) is 27.8 Å². The highest BCUT2D eigenvalue weighted by atomic mass is 35.5. The van der Waals surface area contributed by atoms with Crippen LogP contribution in [-0.2, 0) is 4.74 Å². The maximum absolute atomic E-state index is 12.3. The van der Waals surface area contributed by atoms with Crippen LogP contribution in [0.15, 0.2) is 41.3 Å². The molecule has 0 fully saturated rings. The molecule has 0 atom stereocenters. The first-order chi connectivity index (χ1) is 12.1. The molecule has 0 spiro atoms. The molecule has 0 heterocycles. The van der Waals surface area contributed by atoms with Gasteiger partial charge in [0.25, 0.3) is 0 Å². The van der Waals surface area contributed by atoms with E-state index in [1.807, 2.05) is 24.3 Å². The Bertz CT molecular complexity index is 718. The van der Waals surface area contributed by atoms with Crippen molar-refractivity contribution >= 4 is 29.3 Å². The average molecular weight is 383 g/mol. The maximum Gasteiger partial charge on any atom is 0.342 e. The Balaban J connectivity index is 1.96. The molecule has 0 bridgehead atoms. The minimum atomic E-state index is -0.477. The summed E-state index contributed by atoms with van der Waals surface area (Å²) < 4.78 is 21.0. The van der Waals surface area contributed by atoms with E-state index >= 15 is 0 Å². The number of rotatable bonds is 8. The van der Waals surface area contributed by atoms with Gasteiger partial charge in [0.1, 0.15) is 17.9 Å². The van der Waals surface area contributed by atoms with E-state index in [4.69, 9.17) is 30.5 Å². The van der Waals surface area contributed by atoms with Crippen LogP contribution in [0.1, 0.15) is 10.4 Å². The third-order valence-corrected chi connectivity index (χ3v) is 4.55. The van der Waals surface area contributed by atoms with E-state index in [1.54, 1.807) is 23.9 Å². The largest absolute Gasteiger partial charge is 0.496 e. The van der Waals surface area contributed by atoms with Crippen LogP contribution in [0.3, 0.4) is 0 Å². The van der Waals surface area contributed by atoms with Crippen LogP contribution in [-0.4, -0.2) is 39.7 Å². The van der Waals surface area contributed by atoms with Crippen molar-refractivity contribution in [1.29, 1.82) is 0 Å². The number of halogens is 1. The van der Waals surface area contributed by atoms with Crippen LogP contribution in [0.2, 0.25) is 5.02 Å². The molecular weight excluding hydrogens is 364 g/mol. The lowest BCUT2D eigenvalue weighted by Crippen LogP contribution is -2.10. The third kappa shape index (κ3) is 5.21. The van der Waals surface area contributed by atoms with Gasteiger partial charge in [-0.3, -0.25) is 0 Å². The number of methoxy groups -OCH3 is 3. The summed E-state index contributed by atoms with van der Waals surface area (Å²) in [6.45, 7) is 0.267. The van der Waals surface area contributed by atoms with Crippen LogP contribution >= 0.6 is 23.4 Å². The lowest BCUT2D eigenvalue weighted by Gasteiger charge is -2.13. The van der Waals surface area contributed by atoms with Crippen molar-refractivity contribution in [2.45, 2.75) is 4.90 Å². The zero-order chi connectivity index (χ0) is 18.2. The molecule has 2 aromatic carbocycles. The van der Waals surface area contributed by atoms with Gasteiger partial charge in [-0.05, 0) is 24.3 Å². The first kappa shape index (κ1) is 19.3. The Kier molecular flexibility index (Phi) is 7.28. The summed E-state index contributed by atoms with van der Waals surface area (Å²) in [4.78, 5) is 13.4. The smallest absolute Gasteiger partial charge is 0.342 e. The van der Waals surface area contributed by atoms with Gasteiger partial charge in [-0.15, -0.1) is 11.8 Å². The minimum Gasteiger partial charge on any atom is -0.496 e. The number of thioether (sulfide) groups is 1. The van der Waals surface area contributed by atoms with Gasteiger partial charge in [-0.25, -0.2) is 4.79 Å². The van der Waals surface area contributed by atoms with E-state index < -0.39 is 5.97 Å². The van der Waals surface area contributed by atoms with Gasteiger partial charge in [0.05, 0.1) is 21.3 Å². The second kappa shape index (κ2) is 9.44. The molecule has 0 saturated carbocycles. The molecule has 0 aliphatic heterocycles. The molecule has 0 radical (unpaired) electrons. The van der Waals surface area contributed by atoms with Gasteiger partial charge in [-0.2, -0.15) is 0 Å². The Morgan fingerprint density at radius 1 is 0.960 bits per heavy atom. The van der Waals surface area contributed by atoms with Gasteiger partial charge in [-0.1, -0.05) is 11.6 Å². The fraction of sp³-hybridized carbons (Fsp3) is 0.278. The quantitative estimate of drug-likeness (QED) is 0.385. The van der Waals surface area contributed by atoms with Crippen molar-refractivity contribution in [3.05, 3.63) is 47.0 Å². The van der Waals surface area contributed by atoms with E-state index in [1.165, 1.54) is 21.3 Å². The molecular formula is C18H19ClO5S.